The molecule has 0 radical (unpaired) electrons. The summed E-state index contributed by atoms with van der Waals surface area (Å²) in [5.74, 6) is -0.0783. The summed E-state index contributed by atoms with van der Waals surface area (Å²) in [5, 5.41) is 5.66. The van der Waals surface area contributed by atoms with Crippen LogP contribution in [0.5, 0.6) is 0 Å². The Morgan fingerprint density at radius 1 is 1.12 bits per heavy atom. The number of quaternary nitrogens is 1. The number of sulfonamides is 1. The first-order valence-electron chi connectivity index (χ1n) is 7.94. The van der Waals surface area contributed by atoms with Gasteiger partial charge < -0.3 is 0 Å². The Kier molecular flexibility index (Phi) is 3.90. The second-order valence-electron chi connectivity index (χ2n) is 6.30. The summed E-state index contributed by atoms with van der Waals surface area (Å²) in [6.07, 6.45) is -0.790. The van der Waals surface area contributed by atoms with Crippen LogP contribution in [0.2, 0.25) is 0 Å². The van der Waals surface area contributed by atoms with Gasteiger partial charge in [-0.15, -0.1) is 5.10 Å². The van der Waals surface area contributed by atoms with Crippen LogP contribution in [-0.2, 0) is 10.0 Å². The van der Waals surface area contributed by atoms with E-state index in [1.54, 1.807) is 56.6 Å². The highest BCUT2D eigenvalue weighted by molar-refractivity contribution is 9.10. The average molecular weight is 436 g/mol. The molecule has 9 heteroatoms. The van der Waals surface area contributed by atoms with Crippen LogP contribution in [0.1, 0.15) is 15.9 Å². The summed E-state index contributed by atoms with van der Waals surface area (Å²) in [6.45, 7) is 0. The highest BCUT2D eigenvalue weighted by Gasteiger charge is 2.54. The summed E-state index contributed by atoms with van der Waals surface area (Å²) >= 11 is 3.38. The van der Waals surface area contributed by atoms with Crippen molar-refractivity contribution in [3.8, 4) is 0 Å². The third-order valence-electron chi connectivity index (χ3n) is 4.36. The summed E-state index contributed by atoms with van der Waals surface area (Å²) in [4.78, 5) is 14.1. The quantitative estimate of drug-likeness (QED) is 0.754. The molecule has 0 fully saturated rings. The Balaban J connectivity index is 1.88. The predicted octanol–water partition coefficient (Wildman–Crippen LogP) is 0.699. The first-order chi connectivity index (χ1) is 12.3. The molecule has 0 unspecified atom stereocenters. The van der Waals surface area contributed by atoms with Crippen LogP contribution in [0, 0.1) is 0 Å². The maximum Gasteiger partial charge on any atom is 0.281 e. The van der Waals surface area contributed by atoms with Crippen molar-refractivity contribution in [3.05, 3.63) is 64.1 Å². The Morgan fingerprint density at radius 2 is 1.77 bits per heavy atom. The van der Waals surface area contributed by atoms with E-state index in [1.165, 1.54) is 9.31 Å². The highest BCUT2D eigenvalue weighted by atomic mass is 79.9. The van der Waals surface area contributed by atoms with Gasteiger partial charge in [-0.25, -0.2) is 8.42 Å². The summed E-state index contributed by atoms with van der Waals surface area (Å²) in [5.41, 5.74) is 0.941. The zero-order chi connectivity index (χ0) is 18.6. The monoisotopic (exact) mass is 435 g/mol. The van der Waals surface area contributed by atoms with Gasteiger partial charge in [-0.2, -0.15) is 9.31 Å². The van der Waals surface area contributed by atoms with Crippen molar-refractivity contribution in [3.63, 3.8) is 0 Å². The number of hydrogen-bond acceptors (Lipinski definition) is 4. The summed E-state index contributed by atoms with van der Waals surface area (Å²) in [7, 11) is -0.173. The molecule has 1 N–H and O–H groups in total. The van der Waals surface area contributed by atoms with Crippen LogP contribution in [-0.4, -0.2) is 49.9 Å². The minimum absolute atomic E-state index is 0.220. The standard InChI is InChI=1S/C17H15BrN4O3S/c1-20(2)17-21(16(23)11-7-3-5-9-13(11)18)19-15-12-8-4-6-10-14(12)26(24,25)22(15)17/h3-10,17H,1-2H3/p+1/t17-/m1/s1. The first kappa shape index (κ1) is 17.2. The molecule has 0 bridgehead atoms. The number of amides is 1. The smallest absolute Gasteiger partial charge is 0.281 e. The molecule has 0 aromatic heterocycles. The number of carbonyl (C=O) groups is 1. The summed E-state index contributed by atoms with van der Waals surface area (Å²) < 4.78 is 27.9. The lowest BCUT2D eigenvalue weighted by atomic mass is 10.2. The van der Waals surface area contributed by atoms with Crippen LogP contribution in [0.25, 0.3) is 0 Å². The fraction of sp³-hybridized carbons (Fsp3) is 0.176. The van der Waals surface area contributed by atoms with Gasteiger partial charge in [0.1, 0.15) is 0 Å². The molecule has 2 aliphatic rings. The number of hydrazone groups is 1. The maximum absolute atomic E-state index is 13.1. The number of nitrogens with one attached hydrogen (secondary N) is 1. The highest BCUT2D eigenvalue weighted by Crippen LogP contribution is 2.36. The van der Waals surface area contributed by atoms with E-state index in [1.807, 2.05) is 6.07 Å². The van der Waals surface area contributed by atoms with Crippen molar-refractivity contribution in [2.24, 2.45) is 5.10 Å². The van der Waals surface area contributed by atoms with Gasteiger partial charge in [0.15, 0.2) is 5.84 Å². The second-order valence-corrected chi connectivity index (χ2v) is 8.94. The summed E-state index contributed by atoms with van der Waals surface area (Å²) in [6, 6.07) is 13.7. The Hall–Kier alpha value is -2.23. The molecule has 0 saturated carbocycles. The van der Waals surface area contributed by atoms with Gasteiger partial charge in [0, 0.05) is 10.0 Å². The third kappa shape index (κ3) is 2.31. The van der Waals surface area contributed by atoms with Crippen molar-refractivity contribution in [1.82, 2.24) is 9.31 Å². The second kappa shape index (κ2) is 5.90. The van der Waals surface area contributed by atoms with E-state index in [0.29, 0.717) is 15.6 Å². The number of benzene rings is 2. The van der Waals surface area contributed by atoms with Crippen molar-refractivity contribution in [2.75, 3.05) is 14.1 Å². The molecule has 26 heavy (non-hydrogen) atoms. The molecule has 2 aromatic carbocycles. The van der Waals surface area contributed by atoms with E-state index in [9.17, 15) is 13.2 Å². The van der Waals surface area contributed by atoms with Crippen LogP contribution in [0.15, 0.2) is 63.0 Å². The molecule has 0 spiro atoms. The van der Waals surface area contributed by atoms with E-state index in [4.69, 9.17) is 0 Å². The largest absolute Gasteiger partial charge is 0.299 e. The maximum atomic E-state index is 13.1. The van der Waals surface area contributed by atoms with Crippen LogP contribution in [0.4, 0.5) is 0 Å². The van der Waals surface area contributed by atoms with Gasteiger partial charge in [-0.3, -0.25) is 9.69 Å². The lowest BCUT2D eigenvalue weighted by Gasteiger charge is -2.29. The first-order valence-corrected chi connectivity index (χ1v) is 10.2. The molecule has 7 nitrogen and oxygen atoms in total. The van der Waals surface area contributed by atoms with Crippen LogP contribution < -0.4 is 4.90 Å². The number of halogens is 1. The Labute approximate surface area is 159 Å². The third-order valence-corrected chi connectivity index (χ3v) is 6.85. The fourth-order valence-electron chi connectivity index (χ4n) is 3.21. The van der Waals surface area contributed by atoms with E-state index in [0.717, 1.165) is 4.90 Å². The van der Waals surface area contributed by atoms with Crippen LogP contribution in [0.3, 0.4) is 0 Å². The minimum Gasteiger partial charge on any atom is -0.299 e. The van der Waals surface area contributed by atoms with E-state index >= 15 is 0 Å². The van der Waals surface area contributed by atoms with E-state index < -0.39 is 16.3 Å². The number of amidine groups is 1. The van der Waals surface area contributed by atoms with Gasteiger partial charge >= 0.3 is 0 Å². The fourth-order valence-corrected chi connectivity index (χ4v) is 5.49. The van der Waals surface area contributed by atoms with Crippen LogP contribution >= 0.6 is 15.9 Å². The Bertz CT molecular complexity index is 1050. The van der Waals surface area contributed by atoms with Crippen molar-refractivity contribution in [1.29, 1.82) is 0 Å². The average Bonchev–Trinajstić information content (AvgIpc) is 3.11. The molecule has 134 valence electrons. The molecule has 4 rings (SSSR count). The van der Waals surface area contributed by atoms with Crippen molar-refractivity contribution < 1.29 is 18.1 Å². The zero-order valence-corrected chi connectivity index (χ0v) is 16.5. The predicted molar refractivity (Wildman–Crippen MR) is 98.9 cm³/mol. The minimum atomic E-state index is -3.76. The number of hydrogen-bond donors (Lipinski definition) is 1. The number of nitrogens with zero attached hydrogens (tertiary/aromatic N) is 3. The zero-order valence-electron chi connectivity index (χ0n) is 14.0. The molecule has 1 amide bonds. The molecular weight excluding hydrogens is 420 g/mol. The molecular formula is C17H16BrN4O3S+. The van der Waals surface area contributed by atoms with Gasteiger partial charge in [0.05, 0.1) is 24.6 Å². The lowest BCUT2D eigenvalue weighted by Crippen LogP contribution is -3.13. The molecule has 0 aliphatic carbocycles. The van der Waals surface area contributed by atoms with Crippen molar-refractivity contribution in [2.45, 2.75) is 11.2 Å². The molecule has 2 aromatic rings. The SMILES string of the molecule is C[NH+](C)[C@@H]1N(C(=O)c2ccccc2Br)N=C2c3ccccc3S(=O)(=O)N21. The molecule has 0 saturated heterocycles. The van der Waals surface area contributed by atoms with Gasteiger partial charge in [-0.05, 0) is 40.2 Å². The number of rotatable bonds is 2. The topological polar surface area (TPSA) is 74.5 Å². The number of carbonyl (C=O) groups excluding carboxylic acids is 1. The molecule has 1 atom stereocenters. The normalized spacial score (nSPS) is 20.2. The van der Waals surface area contributed by atoms with Gasteiger partial charge in [-0.1, -0.05) is 24.3 Å². The van der Waals surface area contributed by atoms with E-state index in [2.05, 4.69) is 21.0 Å². The van der Waals surface area contributed by atoms with Gasteiger partial charge in [0.25, 0.3) is 22.2 Å². The lowest BCUT2D eigenvalue weighted by molar-refractivity contribution is -0.904. The number of fused-ring (bicyclic) bond motifs is 3. The molecule has 2 heterocycles. The Morgan fingerprint density at radius 3 is 2.46 bits per heavy atom. The molecule has 2 aliphatic heterocycles. The van der Waals surface area contributed by atoms with Crippen molar-refractivity contribution >= 4 is 37.7 Å². The van der Waals surface area contributed by atoms with E-state index in [-0.39, 0.29) is 16.6 Å². The van der Waals surface area contributed by atoms with Gasteiger partial charge in [0.2, 0.25) is 0 Å².